The second kappa shape index (κ2) is 19.7. The summed E-state index contributed by atoms with van der Waals surface area (Å²) >= 11 is 0. The van der Waals surface area contributed by atoms with Gasteiger partial charge in [0.05, 0.1) is 21.2 Å². The smallest absolute Gasteiger partial charge is 0.744 e. The normalized spacial score (nSPS) is 13.4. The number of nitrogens with zero attached hydrogens (tertiary/aromatic N) is 6. The first kappa shape index (κ1) is 47.5. The van der Waals surface area contributed by atoms with Gasteiger partial charge in [0.15, 0.2) is 5.82 Å². The molecule has 3 aromatic carbocycles. The predicted molar refractivity (Wildman–Crippen MR) is 200 cm³/mol. The van der Waals surface area contributed by atoms with E-state index in [1.165, 1.54) is 16.9 Å². The Kier molecular flexibility index (Phi) is 16.7. The minimum atomic E-state index is -5.18. The molecule has 0 spiro atoms. The van der Waals surface area contributed by atoms with Gasteiger partial charge in [0.25, 0.3) is 5.91 Å². The van der Waals surface area contributed by atoms with E-state index in [4.69, 9.17) is 15.1 Å². The van der Waals surface area contributed by atoms with E-state index < -0.39 is 46.9 Å². The summed E-state index contributed by atoms with van der Waals surface area (Å²) in [6.45, 7) is 9.85. The molecule has 4 aromatic rings. The Hall–Kier alpha value is -2.85. The van der Waals surface area contributed by atoms with Gasteiger partial charge in [0, 0.05) is 54.2 Å². The van der Waals surface area contributed by atoms with E-state index >= 15 is 0 Å². The Morgan fingerprint density at radius 3 is 1.93 bits per heavy atom. The maximum absolute atomic E-state index is 12.9. The van der Waals surface area contributed by atoms with Gasteiger partial charge < -0.3 is 29.5 Å². The van der Waals surface area contributed by atoms with Crippen molar-refractivity contribution in [1.82, 2.24) is 14.9 Å². The molecule has 2 heterocycles. The summed E-state index contributed by atoms with van der Waals surface area (Å²) in [5.74, 6) is -0.205. The van der Waals surface area contributed by atoms with E-state index in [2.05, 4.69) is 21.4 Å². The van der Waals surface area contributed by atoms with Crippen molar-refractivity contribution in [3.05, 3.63) is 77.6 Å². The number of hydrogen-bond donors (Lipinski definition) is 3. The van der Waals surface area contributed by atoms with Crippen LogP contribution in [0.25, 0.3) is 11.4 Å². The Morgan fingerprint density at radius 1 is 0.857 bits per heavy atom. The number of fused-ring (bicyclic) bond motifs is 1. The molecule has 1 amide bonds. The van der Waals surface area contributed by atoms with Crippen LogP contribution in [0, 0.1) is 12.3 Å². The van der Waals surface area contributed by atoms with Gasteiger partial charge in [-0.25, -0.2) is 26.8 Å². The standard InChI is InChI=1S/C36H43N7O9S2.2Na/c1-23-19-27(42(15-5-7-17-44)16-6-8-18-45)13-14-30(23)38-31-32(36(2,3)4)40-43-34(31)39-33(41-43)24-9-11-26(12-10-24)37-35(46)25-20-28(53(47,48)49)22-29(21-25)54(50,51)52;;/h9-14,19-22,44-45H,5-8,15-18H2,1-4H3,(H,37,46)(H,47,48,49)(H,50,51,52);;/q;2*+1/p-2. The number of aromatic nitrogens is 3. The van der Waals surface area contributed by atoms with Crippen LogP contribution in [0.5, 0.6) is 0 Å². The van der Waals surface area contributed by atoms with Crippen molar-refractivity contribution < 1.29 is 100 Å². The maximum atomic E-state index is 12.9. The van der Waals surface area contributed by atoms with Crippen LogP contribution in [-0.4, -0.2) is 94.7 Å². The van der Waals surface area contributed by atoms with Crippen molar-refractivity contribution in [3.63, 3.8) is 0 Å². The summed E-state index contributed by atoms with van der Waals surface area (Å²) in [6.07, 6.45) is 3.08. The zero-order chi connectivity index (χ0) is 39.4. The van der Waals surface area contributed by atoms with Gasteiger partial charge in [-0.3, -0.25) is 4.79 Å². The van der Waals surface area contributed by atoms with Gasteiger partial charge in [0.2, 0.25) is 5.82 Å². The number of unbranched alkanes of at least 4 members (excludes halogenated alkanes) is 2. The third kappa shape index (κ3) is 11.9. The van der Waals surface area contributed by atoms with Crippen molar-refractivity contribution in [2.75, 3.05) is 36.5 Å². The number of carbonyl (C=O) groups is 1. The first-order valence-corrected chi connectivity index (χ1v) is 19.9. The molecule has 56 heavy (non-hydrogen) atoms. The number of amides is 1. The minimum absolute atomic E-state index is 0. The van der Waals surface area contributed by atoms with Gasteiger partial charge in [-0.1, -0.05) is 20.8 Å². The molecular weight excluding hydrogens is 785 g/mol. The fourth-order valence-corrected chi connectivity index (χ4v) is 6.84. The first-order valence-electron chi connectivity index (χ1n) is 17.1. The van der Waals surface area contributed by atoms with Crippen LogP contribution in [0.2, 0.25) is 0 Å². The molecule has 0 atom stereocenters. The van der Waals surface area contributed by atoms with Gasteiger partial charge in [-0.15, -0.1) is 9.89 Å². The van der Waals surface area contributed by atoms with Crippen LogP contribution in [0.1, 0.15) is 68.2 Å². The first-order chi connectivity index (χ1) is 25.4. The molecule has 1 aromatic heterocycles. The van der Waals surface area contributed by atoms with Gasteiger partial charge in [-0.2, -0.15) is 5.10 Å². The van der Waals surface area contributed by atoms with Crippen molar-refractivity contribution in [2.24, 2.45) is 15.5 Å². The van der Waals surface area contributed by atoms with E-state index in [0.717, 1.165) is 42.9 Å². The number of aliphatic hydroxyl groups is 2. The van der Waals surface area contributed by atoms with E-state index in [0.29, 0.717) is 59.7 Å². The Bertz CT molecular complexity index is 2270. The summed E-state index contributed by atoms with van der Waals surface area (Å²) in [4.78, 5) is 24.3. The van der Waals surface area contributed by atoms with Crippen LogP contribution in [-0.2, 0) is 20.2 Å². The van der Waals surface area contributed by atoms with E-state index in [1.54, 1.807) is 12.1 Å². The molecular formula is C36H41N7Na2O9S2. The molecule has 3 N–H and O–H groups in total. The third-order valence-corrected chi connectivity index (χ3v) is 10.1. The second-order valence-electron chi connectivity index (χ2n) is 13.8. The number of aryl methyl sites for hydroxylation is 1. The average molecular weight is 826 g/mol. The maximum Gasteiger partial charge on any atom is 1.00 e. The van der Waals surface area contributed by atoms with Crippen LogP contribution in [0.3, 0.4) is 0 Å². The topological polar surface area (TPSA) is 243 Å². The minimum Gasteiger partial charge on any atom is -0.744 e. The monoisotopic (exact) mass is 825 g/mol. The SMILES string of the molecule is Cc1cc(N(CCCCO)CCCCO)ccc1N=C1C(C(C)(C)C)=Nn2nc(-c3ccc(NC(=O)c4cc(S(=O)(=O)[O-])cc(S(=O)(=O)[O-])c4)cc3)nc21.[Na+].[Na+]. The number of hydrogen-bond acceptors (Lipinski definition) is 14. The van der Waals surface area contributed by atoms with Crippen molar-refractivity contribution >= 4 is 54.6 Å². The van der Waals surface area contributed by atoms with E-state index in [-0.39, 0.29) is 78.0 Å². The van der Waals surface area contributed by atoms with Crippen molar-refractivity contribution in [1.29, 1.82) is 0 Å². The Morgan fingerprint density at radius 2 is 1.43 bits per heavy atom. The zero-order valence-electron chi connectivity index (χ0n) is 32.2. The van der Waals surface area contributed by atoms with Crippen molar-refractivity contribution in [3.8, 4) is 11.4 Å². The summed E-state index contributed by atoms with van der Waals surface area (Å²) in [6, 6.07) is 14.1. The molecule has 5 rings (SSSR count). The molecule has 20 heteroatoms. The number of anilines is 2. The largest absolute Gasteiger partial charge is 1.00 e. The molecule has 0 unspecified atom stereocenters. The molecule has 1 aliphatic heterocycles. The second-order valence-corrected chi connectivity index (χ2v) is 16.5. The third-order valence-electron chi connectivity index (χ3n) is 8.50. The molecule has 0 saturated carbocycles. The summed E-state index contributed by atoms with van der Waals surface area (Å²) in [7, 11) is -10.4. The van der Waals surface area contributed by atoms with Crippen LogP contribution in [0.15, 0.2) is 80.5 Å². The zero-order valence-corrected chi connectivity index (χ0v) is 37.8. The molecule has 0 bridgehead atoms. The molecule has 0 fully saturated rings. The fraction of sp³-hybridized carbons (Fsp3) is 0.361. The predicted octanol–water partition coefficient (Wildman–Crippen LogP) is -1.94. The van der Waals surface area contributed by atoms with Gasteiger partial charge in [0.1, 0.15) is 25.9 Å². The Balaban J connectivity index is 0.00000420. The molecule has 0 saturated heterocycles. The van der Waals surface area contributed by atoms with Gasteiger partial charge >= 0.3 is 59.1 Å². The number of aliphatic imine (C=N–C) groups is 1. The van der Waals surface area contributed by atoms with Gasteiger partial charge in [-0.05, 0) is 98.8 Å². The van der Waals surface area contributed by atoms with E-state index in [1.807, 2.05) is 39.8 Å². The van der Waals surface area contributed by atoms with Crippen LogP contribution >= 0.6 is 0 Å². The molecule has 0 radical (unpaired) electrons. The number of nitrogens with one attached hydrogen (secondary N) is 1. The summed E-state index contributed by atoms with van der Waals surface area (Å²) in [5.41, 5.74) is 3.82. The average Bonchev–Trinajstić information content (AvgIpc) is 3.67. The number of aliphatic hydroxyl groups excluding tert-OH is 2. The molecule has 288 valence electrons. The van der Waals surface area contributed by atoms with Crippen molar-refractivity contribution in [2.45, 2.75) is 63.2 Å². The molecule has 1 aliphatic rings. The molecule has 16 nitrogen and oxygen atoms in total. The quantitative estimate of drug-likeness (QED) is 0.0674. The number of rotatable bonds is 15. The summed E-state index contributed by atoms with van der Waals surface area (Å²) < 4.78 is 69.3. The van der Waals surface area contributed by atoms with E-state index in [9.17, 15) is 40.9 Å². The fourth-order valence-electron chi connectivity index (χ4n) is 5.68. The number of carbonyl (C=O) groups excluding carboxylic acids is 1. The van der Waals surface area contributed by atoms with Crippen LogP contribution < -0.4 is 69.3 Å². The Labute approximate surface area is 370 Å². The van der Waals surface area contributed by atoms with Crippen LogP contribution in [0.4, 0.5) is 17.1 Å². The molecule has 0 aliphatic carbocycles. The number of benzene rings is 3. The summed E-state index contributed by atoms with van der Waals surface area (Å²) in [5, 5.41) is 30.4.